The quantitative estimate of drug-likeness (QED) is 0.187. The van der Waals surface area contributed by atoms with E-state index in [1.54, 1.807) is 30.3 Å². The van der Waals surface area contributed by atoms with Crippen LogP contribution >= 0.6 is 0 Å². The van der Waals surface area contributed by atoms with Gasteiger partial charge >= 0.3 is 0 Å². The van der Waals surface area contributed by atoms with Gasteiger partial charge in [0, 0.05) is 17.1 Å². The normalized spacial score (nSPS) is 15.2. The molecular weight excluding hydrogens is 542 g/mol. The van der Waals surface area contributed by atoms with Crippen molar-refractivity contribution in [2.45, 2.75) is 0 Å². The third-order valence-corrected chi connectivity index (χ3v) is 7.66. The minimum absolute atomic E-state index is 0.0325. The second kappa shape index (κ2) is 11.6. The van der Waals surface area contributed by atoms with Crippen molar-refractivity contribution in [3.8, 4) is 33.4 Å². The molecule has 1 nitrogen and oxygen atoms in total. The summed E-state index contributed by atoms with van der Waals surface area (Å²) < 4.78 is 116. The Balaban J connectivity index is 1.43. The van der Waals surface area contributed by atoms with Crippen LogP contribution in [0.3, 0.4) is 0 Å². The van der Waals surface area contributed by atoms with Crippen molar-refractivity contribution < 1.29 is 17.8 Å². The van der Waals surface area contributed by atoms with Gasteiger partial charge in [0.25, 0.3) is 0 Å². The van der Waals surface area contributed by atoms with Gasteiger partial charge in [0.15, 0.2) is 0 Å². The molecule has 8 aromatic rings. The molecule has 0 fully saturated rings. The molecule has 0 amide bonds. The van der Waals surface area contributed by atoms with E-state index >= 15 is 0 Å². The number of fused-ring (bicyclic) bond motifs is 2. The van der Waals surface area contributed by atoms with Gasteiger partial charge in [-0.2, -0.15) is 0 Å². The zero-order chi connectivity index (χ0) is 41.3. The van der Waals surface area contributed by atoms with E-state index in [-0.39, 0.29) is 16.9 Å². The van der Waals surface area contributed by atoms with Crippen LogP contribution in [0.1, 0.15) is 17.8 Å². The molecule has 0 aliphatic heterocycles. The average Bonchev–Trinajstić information content (AvgIpc) is 3.24. The predicted molar refractivity (Wildman–Crippen MR) is 192 cm³/mol. The van der Waals surface area contributed by atoms with Crippen LogP contribution in [-0.2, 0) is 0 Å². The summed E-state index contributed by atoms with van der Waals surface area (Å²) in [4.78, 5) is 1.19. The van der Waals surface area contributed by atoms with E-state index in [9.17, 15) is 8.22 Å². The summed E-state index contributed by atoms with van der Waals surface area (Å²) in [5.74, 6) is 0. The van der Waals surface area contributed by atoms with Gasteiger partial charge in [-0.1, -0.05) is 145 Å². The maximum absolute atomic E-state index is 9.43. The van der Waals surface area contributed by atoms with Crippen LogP contribution in [0.4, 0.5) is 17.1 Å². The molecule has 0 heterocycles. The van der Waals surface area contributed by atoms with Crippen molar-refractivity contribution in [3.05, 3.63) is 188 Å². The molecule has 0 aromatic heterocycles. The molecule has 212 valence electrons. The van der Waals surface area contributed by atoms with Gasteiger partial charge in [-0.3, -0.25) is 0 Å². The van der Waals surface area contributed by atoms with Crippen molar-refractivity contribution in [1.29, 1.82) is 0 Å². The summed E-state index contributed by atoms with van der Waals surface area (Å²) in [6.07, 6.45) is 0. The molecule has 0 radical (unpaired) electrons. The van der Waals surface area contributed by atoms with Crippen LogP contribution in [-0.4, -0.2) is 0 Å². The number of rotatable bonds is 6. The first-order valence-corrected chi connectivity index (χ1v) is 14.4. The smallest absolute Gasteiger partial charge is 0.0645 e. The lowest BCUT2D eigenvalue weighted by atomic mass is 9.97. The highest BCUT2D eigenvalue weighted by atomic mass is 15.1. The molecule has 0 spiro atoms. The van der Waals surface area contributed by atoms with Crippen LogP contribution in [0.15, 0.2) is 188 Å². The number of hydrogen-bond acceptors (Lipinski definition) is 1. The molecule has 45 heavy (non-hydrogen) atoms. The summed E-state index contributed by atoms with van der Waals surface area (Å²) in [6.45, 7) is 0. The van der Waals surface area contributed by atoms with Crippen LogP contribution in [0.25, 0.3) is 54.9 Å². The van der Waals surface area contributed by atoms with E-state index in [0.29, 0.717) is 11.1 Å². The molecule has 0 atom stereocenters. The number of hydrogen-bond donors (Lipinski definition) is 0. The summed E-state index contributed by atoms with van der Waals surface area (Å²) in [7, 11) is 0. The van der Waals surface area contributed by atoms with Crippen molar-refractivity contribution in [2.24, 2.45) is 0 Å². The SMILES string of the molecule is [2H]c1c([2H])c([2H])c(-c2c([2H])c([2H])c(N(c3cccc(-c4cccc5ccccc45)c3)c3c([2H])c([2H])c(-c4ccc5ccccc5c4)c([2H])c3[2H])c([2H])c2[2H])c([2H])c1[2H]. The Morgan fingerprint density at radius 1 is 0.356 bits per heavy atom. The van der Waals surface area contributed by atoms with Crippen LogP contribution in [0.2, 0.25) is 0 Å². The maximum Gasteiger partial charge on any atom is 0.0645 e. The van der Waals surface area contributed by atoms with Gasteiger partial charge in [0.05, 0.1) is 17.8 Å². The lowest BCUT2D eigenvalue weighted by Crippen LogP contribution is -2.10. The molecule has 0 N–H and O–H groups in total. The van der Waals surface area contributed by atoms with Gasteiger partial charge in [0.2, 0.25) is 0 Å². The largest absolute Gasteiger partial charge is 0.310 e. The summed E-state index contributed by atoms with van der Waals surface area (Å²) in [6, 6.07) is 25.1. The summed E-state index contributed by atoms with van der Waals surface area (Å²) >= 11 is 0. The first-order valence-electron chi connectivity index (χ1n) is 20.9. The lowest BCUT2D eigenvalue weighted by Gasteiger charge is -2.26. The van der Waals surface area contributed by atoms with E-state index in [2.05, 4.69) is 0 Å². The summed E-state index contributed by atoms with van der Waals surface area (Å²) in [5.41, 5.74) is 0.362. The Morgan fingerprint density at radius 3 is 1.71 bits per heavy atom. The van der Waals surface area contributed by atoms with Crippen molar-refractivity contribution in [3.63, 3.8) is 0 Å². The zero-order valence-electron chi connectivity index (χ0n) is 36.8. The van der Waals surface area contributed by atoms with Crippen molar-refractivity contribution >= 4 is 38.6 Å². The highest BCUT2D eigenvalue weighted by Gasteiger charge is 2.15. The Labute approximate surface area is 282 Å². The van der Waals surface area contributed by atoms with Crippen LogP contribution in [0, 0.1) is 0 Å². The number of nitrogens with zero attached hydrogens (tertiary/aromatic N) is 1. The molecule has 8 aromatic carbocycles. The van der Waals surface area contributed by atoms with E-state index in [4.69, 9.17) is 9.60 Å². The fourth-order valence-electron chi connectivity index (χ4n) is 5.48. The second-order valence-electron chi connectivity index (χ2n) is 10.4. The minimum Gasteiger partial charge on any atom is -0.310 e. The molecule has 0 unspecified atom stereocenters. The Morgan fingerprint density at radius 2 is 0.956 bits per heavy atom. The second-order valence-corrected chi connectivity index (χ2v) is 10.4. The first-order chi connectivity index (χ1) is 27.7. The van der Waals surface area contributed by atoms with E-state index in [1.165, 1.54) is 4.90 Å². The van der Waals surface area contributed by atoms with E-state index in [0.717, 1.165) is 27.1 Å². The standard InChI is InChI=1S/C44H31N/c1-2-10-32(11-3-1)34-22-26-40(27-23-34)45(41-28-24-35(25-29-41)38-21-20-33-12-4-5-14-37(33)30-38)42-17-8-16-39(31-42)44-19-9-15-36-13-6-7-18-43(36)44/h1-31H/i1D,2D,3D,10D,11D,22D,23D,24D,25D,26D,27D,28D,29D. The van der Waals surface area contributed by atoms with Crippen molar-refractivity contribution in [2.75, 3.05) is 4.90 Å². The van der Waals surface area contributed by atoms with Gasteiger partial charge < -0.3 is 4.90 Å². The zero-order valence-corrected chi connectivity index (χ0v) is 23.8. The highest BCUT2D eigenvalue weighted by Crippen LogP contribution is 2.39. The van der Waals surface area contributed by atoms with Gasteiger partial charge in [-0.25, -0.2) is 0 Å². The molecule has 8 rings (SSSR count). The molecule has 0 aliphatic rings. The molecule has 0 aliphatic carbocycles. The maximum atomic E-state index is 9.43. The fraction of sp³-hybridized carbons (Fsp3) is 0. The Hall–Kier alpha value is -5.92. The molecule has 1 heteroatoms. The monoisotopic (exact) mass is 586 g/mol. The summed E-state index contributed by atoms with van der Waals surface area (Å²) in [5, 5.41) is 3.64. The minimum atomic E-state index is -0.729. The average molecular weight is 587 g/mol. The van der Waals surface area contributed by atoms with E-state index in [1.807, 2.05) is 78.9 Å². The third-order valence-electron chi connectivity index (χ3n) is 7.66. The third kappa shape index (κ3) is 5.26. The predicted octanol–water partition coefficient (Wildman–Crippen LogP) is 12.5. The lowest BCUT2D eigenvalue weighted by molar-refractivity contribution is 1.28. The Bertz CT molecular complexity index is 2920. The van der Waals surface area contributed by atoms with Crippen LogP contribution < -0.4 is 4.90 Å². The van der Waals surface area contributed by atoms with Crippen molar-refractivity contribution in [1.82, 2.24) is 0 Å². The molecule has 0 saturated carbocycles. The first kappa shape index (κ1) is 16.2. The van der Waals surface area contributed by atoms with Gasteiger partial charge in [0.1, 0.15) is 0 Å². The number of benzene rings is 8. The Kier molecular flexibility index (Phi) is 4.20. The van der Waals surface area contributed by atoms with Gasteiger partial charge in [-0.15, -0.1) is 0 Å². The number of anilines is 3. The molecular formula is C44H31N. The molecule has 0 saturated heterocycles. The topological polar surface area (TPSA) is 3.24 Å². The van der Waals surface area contributed by atoms with Crippen LogP contribution in [0.5, 0.6) is 0 Å². The highest BCUT2D eigenvalue weighted by molar-refractivity contribution is 5.97. The van der Waals surface area contributed by atoms with Gasteiger partial charge in [-0.05, 0) is 97.3 Å². The molecule has 0 bridgehead atoms. The van der Waals surface area contributed by atoms with E-state index < -0.39 is 95.4 Å². The fourth-order valence-corrected chi connectivity index (χ4v) is 5.48.